The maximum Gasteiger partial charge on any atom is 0.248 e. The van der Waals surface area contributed by atoms with Crippen LogP contribution in [-0.4, -0.2) is 24.7 Å². The molecule has 0 atom stereocenters. The summed E-state index contributed by atoms with van der Waals surface area (Å²) in [6.07, 6.45) is 0. The highest BCUT2D eigenvalue weighted by Gasteiger charge is 2.12. The zero-order valence-electron chi connectivity index (χ0n) is 15.6. The van der Waals surface area contributed by atoms with E-state index in [1.807, 2.05) is 82.3 Å². The highest BCUT2D eigenvalue weighted by Crippen LogP contribution is 2.18. The number of anilines is 3. The normalized spacial score (nSPS) is 9.69. The summed E-state index contributed by atoms with van der Waals surface area (Å²) in [5.74, 6) is 1.22. The zero-order valence-corrected chi connectivity index (χ0v) is 15.6. The van der Waals surface area contributed by atoms with E-state index in [0.29, 0.717) is 11.9 Å². The molecule has 0 unspecified atom stereocenters. The van der Waals surface area contributed by atoms with Gasteiger partial charge in [-0.25, -0.2) is 4.98 Å². The Kier molecular flexibility index (Phi) is 6.73. The van der Waals surface area contributed by atoms with Crippen molar-refractivity contribution in [3.8, 4) is 5.95 Å². The first-order chi connectivity index (χ1) is 12.8. The molecular formula is C19H25N7. The minimum absolute atomic E-state index is 0.262. The number of imidazole rings is 1. The van der Waals surface area contributed by atoms with Crippen molar-refractivity contribution in [2.24, 2.45) is 0 Å². The molecule has 7 heteroatoms. The molecule has 4 N–H and O–H groups in total. The van der Waals surface area contributed by atoms with Gasteiger partial charge in [0.1, 0.15) is 0 Å². The largest absolute Gasteiger partial charge is 0.368 e. The molecule has 2 aromatic carbocycles. The minimum Gasteiger partial charge on any atom is -0.368 e. The Morgan fingerprint density at radius 2 is 1.54 bits per heavy atom. The number of para-hydroxylation sites is 3. The smallest absolute Gasteiger partial charge is 0.248 e. The van der Waals surface area contributed by atoms with Crippen molar-refractivity contribution >= 4 is 28.6 Å². The molecule has 0 aliphatic heterocycles. The quantitative estimate of drug-likeness (QED) is 0.504. The van der Waals surface area contributed by atoms with Crippen LogP contribution in [0.1, 0.15) is 27.7 Å². The van der Waals surface area contributed by atoms with Gasteiger partial charge < -0.3 is 16.0 Å². The van der Waals surface area contributed by atoms with E-state index in [-0.39, 0.29) is 5.95 Å². The lowest BCUT2D eigenvalue weighted by Gasteiger charge is -1.99. The van der Waals surface area contributed by atoms with Gasteiger partial charge in [0.05, 0.1) is 11.0 Å². The average Bonchev–Trinajstić information content (AvgIpc) is 3.29. The summed E-state index contributed by atoms with van der Waals surface area (Å²) in [5, 5.41) is 7.45. The van der Waals surface area contributed by atoms with E-state index in [1.165, 1.54) is 4.68 Å². The molecular weight excluding hydrogens is 326 g/mol. The van der Waals surface area contributed by atoms with Crippen LogP contribution in [0.4, 0.5) is 17.6 Å². The highest BCUT2D eigenvalue weighted by atomic mass is 15.5. The fraction of sp³-hybridized carbons (Fsp3) is 0.211. The molecule has 0 amide bonds. The van der Waals surface area contributed by atoms with E-state index >= 15 is 0 Å². The number of H-pyrrole nitrogens is 1. The standard InChI is InChI=1S/C15H13N7.2C2H6/c16-13-20-14(17-10-6-2-1-3-7-10)21-22(13)15-18-11-8-4-5-9-12(11)19-15;2*1-2/h1-9H,(H,18,19)(H3,16,17,20,21);2*1-2H3. The second-order valence-corrected chi connectivity index (χ2v) is 4.77. The Morgan fingerprint density at radius 1 is 0.885 bits per heavy atom. The van der Waals surface area contributed by atoms with Crippen molar-refractivity contribution in [1.29, 1.82) is 0 Å². The monoisotopic (exact) mass is 351 g/mol. The van der Waals surface area contributed by atoms with Crippen LogP contribution in [-0.2, 0) is 0 Å². The third-order valence-electron chi connectivity index (χ3n) is 3.24. The van der Waals surface area contributed by atoms with E-state index in [4.69, 9.17) is 5.73 Å². The summed E-state index contributed by atoms with van der Waals surface area (Å²) in [7, 11) is 0. The van der Waals surface area contributed by atoms with Crippen LogP contribution in [0.3, 0.4) is 0 Å². The van der Waals surface area contributed by atoms with E-state index in [2.05, 4.69) is 25.4 Å². The maximum atomic E-state index is 5.94. The number of nitrogens with one attached hydrogen (secondary N) is 2. The molecule has 0 radical (unpaired) electrons. The number of hydrogen-bond acceptors (Lipinski definition) is 5. The van der Waals surface area contributed by atoms with Crippen molar-refractivity contribution in [1.82, 2.24) is 24.7 Å². The molecule has 0 fully saturated rings. The second-order valence-electron chi connectivity index (χ2n) is 4.77. The summed E-state index contributed by atoms with van der Waals surface area (Å²) in [6.45, 7) is 8.00. The molecule has 136 valence electrons. The Hall–Kier alpha value is -3.35. The lowest BCUT2D eigenvalue weighted by molar-refractivity contribution is 0.841. The highest BCUT2D eigenvalue weighted by molar-refractivity contribution is 5.76. The second kappa shape index (κ2) is 9.22. The van der Waals surface area contributed by atoms with Crippen LogP contribution < -0.4 is 11.1 Å². The van der Waals surface area contributed by atoms with Gasteiger partial charge in [0.25, 0.3) is 0 Å². The van der Waals surface area contributed by atoms with Gasteiger partial charge in [-0.05, 0) is 24.3 Å². The number of nitrogens with zero attached hydrogens (tertiary/aromatic N) is 4. The number of benzene rings is 2. The molecule has 7 nitrogen and oxygen atoms in total. The number of nitrogen functional groups attached to an aromatic ring is 1. The lowest BCUT2D eigenvalue weighted by Crippen LogP contribution is -2.04. The average molecular weight is 351 g/mol. The van der Waals surface area contributed by atoms with Gasteiger partial charge in [0.2, 0.25) is 17.8 Å². The van der Waals surface area contributed by atoms with Gasteiger partial charge in [-0.15, -0.1) is 5.10 Å². The Balaban J connectivity index is 0.000000570. The van der Waals surface area contributed by atoms with Crippen molar-refractivity contribution in [2.45, 2.75) is 27.7 Å². The molecule has 0 spiro atoms. The third-order valence-corrected chi connectivity index (χ3v) is 3.24. The van der Waals surface area contributed by atoms with Crippen molar-refractivity contribution in [2.75, 3.05) is 11.1 Å². The van der Waals surface area contributed by atoms with Crippen molar-refractivity contribution in [3.05, 3.63) is 54.6 Å². The minimum atomic E-state index is 0.262. The molecule has 0 saturated heterocycles. The van der Waals surface area contributed by atoms with Gasteiger partial charge in [-0.2, -0.15) is 9.67 Å². The Morgan fingerprint density at radius 3 is 2.23 bits per heavy atom. The number of fused-ring (bicyclic) bond motifs is 1. The van der Waals surface area contributed by atoms with E-state index < -0.39 is 0 Å². The first kappa shape index (κ1) is 19.0. The fourth-order valence-corrected chi connectivity index (χ4v) is 2.22. The van der Waals surface area contributed by atoms with Crippen LogP contribution >= 0.6 is 0 Å². The number of nitrogens with two attached hydrogens (primary N) is 1. The lowest BCUT2D eigenvalue weighted by atomic mass is 10.3. The summed E-state index contributed by atoms with van der Waals surface area (Å²) in [6, 6.07) is 17.4. The molecule has 2 aromatic heterocycles. The molecule has 26 heavy (non-hydrogen) atoms. The van der Waals surface area contributed by atoms with Crippen LogP contribution in [0.25, 0.3) is 17.0 Å². The fourth-order valence-electron chi connectivity index (χ4n) is 2.22. The van der Waals surface area contributed by atoms with E-state index in [9.17, 15) is 0 Å². The number of aromatic nitrogens is 5. The van der Waals surface area contributed by atoms with Gasteiger partial charge in [-0.3, -0.25) is 0 Å². The predicted octanol–water partition coefficient (Wildman–Crippen LogP) is 4.52. The molecule has 0 saturated carbocycles. The van der Waals surface area contributed by atoms with Gasteiger partial charge in [-0.1, -0.05) is 58.0 Å². The van der Waals surface area contributed by atoms with Gasteiger partial charge in [0.15, 0.2) is 0 Å². The molecule has 4 aromatic rings. The first-order valence-corrected chi connectivity index (χ1v) is 8.79. The summed E-state index contributed by atoms with van der Waals surface area (Å²) in [5.41, 5.74) is 8.60. The number of aromatic amines is 1. The maximum absolute atomic E-state index is 5.94. The molecule has 2 heterocycles. The topological polar surface area (TPSA) is 97.4 Å². The summed E-state index contributed by atoms with van der Waals surface area (Å²) >= 11 is 0. The molecule has 0 bridgehead atoms. The first-order valence-electron chi connectivity index (χ1n) is 8.79. The molecule has 0 aliphatic carbocycles. The van der Waals surface area contributed by atoms with Crippen molar-refractivity contribution < 1.29 is 0 Å². The molecule has 4 rings (SSSR count). The Labute approximate surface area is 153 Å². The predicted molar refractivity (Wildman–Crippen MR) is 108 cm³/mol. The van der Waals surface area contributed by atoms with Crippen LogP contribution in [0, 0.1) is 0 Å². The van der Waals surface area contributed by atoms with E-state index in [1.54, 1.807) is 0 Å². The van der Waals surface area contributed by atoms with Crippen molar-refractivity contribution in [3.63, 3.8) is 0 Å². The van der Waals surface area contributed by atoms with Gasteiger partial charge >= 0.3 is 0 Å². The Bertz CT molecular complexity index is 892. The van der Waals surface area contributed by atoms with Gasteiger partial charge in [0, 0.05) is 5.69 Å². The van der Waals surface area contributed by atoms with E-state index in [0.717, 1.165) is 16.7 Å². The number of rotatable bonds is 3. The molecule has 0 aliphatic rings. The van der Waals surface area contributed by atoms with Crippen LogP contribution in [0.5, 0.6) is 0 Å². The number of hydrogen-bond donors (Lipinski definition) is 3. The summed E-state index contributed by atoms with van der Waals surface area (Å²) < 4.78 is 1.48. The third kappa shape index (κ3) is 4.18. The SMILES string of the molecule is CC.CC.Nc1nc(Nc2ccccc2)nn1-c1nc2ccccc2[nH]1. The zero-order chi connectivity index (χ0) is 18.9. The summed E-state index contributed by atoms with van der Waals surface area (Å²) in [4.78, 5) is 11.8. The van der Waals surface area contributed by atoms with Crippen LogP contribution in [0.2, 0.25) is 0 Å². The van der Waals surface area contributed by atoms with Crippen LogP contribution in [0.15, 0.2) is 54.6 Å².